The lowest BCUT2D eigenvalue weighted by atomic mass is 9.78. The van der Waals surface area contributed by atoms with Crippen molar-refractivity contribution in [2.75, 3.05) is 0 Å². The Morgan fingerprint density at radius 3 is 2.69 bits per heavy atom. The van der Waals surface area contributed by atoms with Gasteiger partial charge in [0.1, 0.15) is 0 Å². The van der Waals surface area contributed by atoms with E-state index in [1.165, 1.54) is 32.1 Å². The summed E-state index contributed by atoms with van der Waals surface area (Å²) in [4.78, 5) is 0. The lowest BCUT2D eigenvalue weighted by Crippen LogP contribution is -2.19. The minimum absolute atomic E-state index is 1.03. The van der Waals surface area contributed by atoms with Gasteiger partial charge in [-0.3, -0.25) is 0 Å². The van der Waals surface area contributed by atoms with E-state index in [1.807, 2.05) is 0 Å². The molecule has 2 aliphatic rings. The van der Waals surface area contributed by atoms with Crippen LogP contribution in [-0.2, 0) is 0 Å². The van der Waals surface area contributed by atoms with E-state index in [0.29, 0.717) is 0 Å². The van der Waals surface area contributed by atoms with E-state index in [4.69, 9.17) is 0 Å². The van der Waals surface area contributed by atoms with Crippen molar-refractivity contribution in [1.29, 1.82) is 0 Å². The Hall–Kier alpha value is -0.260. The molecule has 0 nitrogen and oxygen atoms in total. The van der Waals surface area contributed by atoms with Gasteiger partial charge in [-0.2, -0.15) is 0 Å². The molecule has 4 atom stereocenters. The summed E-state index contributed by atoms with van der Waals surface area (Å²) in [6.45, 7) is 6.28. The zero-order valence-corrected chi connectivity index (χ0v) is 8.84. The maximum atomic E-state index is 3.79. The molecule has 13 heavy (non-hydrogen) atoms. The first-order chi connectivity index (χ1) is 6.33. The van der Waals surface area contributed by atoms with Gasteiger partial charge in [-0.1, -0.05) is 13.0 Å². The molecule has 2 rings (SSSR count). The van der Waals surface area contributed by atoms with Crippen LogP contribution in [0.3, 0.4) is 0 Å². The molecule has 0 amide bonds. The Balaban J connectivity index is 1.82. The maximum Gasteiger partial charge on any atom is -0.0353 e. The summed E-state index contributed by atoms with van der Waals surface area (Å²) in [7, 11) is 0. The van der Waals surface area contributed by atoms with Crippen molar-refractivity contribution in [1.82, 2.24) is 0 Å². The van der Waals surface area contributed by atoms with Crippen LogP contribution in [0.25, 0.3) is 0 Å². The SMILES string of the molecule is C=CCCC[C@@H]1C(C)[C@@H]2CC[C@H]1C2. The monoisotopic (exact) mass is 178 g/mol. The molecular weight excluding hydrogens is 156 g/mol. The van der Waals surface area contributed by atoms with E-state index < -0.39 is 0 Å². The van der Waals surface area contributed by atoms with Crippen LogP contribution in [0.1, 0.15) is 45.4 Å². The Morgan fingerprint density at radius 2 is 2.08 bits per heavy atom. The van der Waals surface area contributed by atoms with Gasteiger partial charge >= 0.3 is 0 Å². The zero-order valence-electron chi connectivity index (χ0n) is 8.84. The van der Waals surface area contributed by atoms with Gasteiger partial charge in [0.2, 0.25) is 0 Å². The minimum atomic E-state index is 1.03. The van der Waals surface area contributed by atoms with Gasteiger partial charge in [0.05, 0.1) is 0 Å². The van der Waals surface area contributed by atoms with Gasteiger partial charge in [0.25, 0.3) is 0 Å². The normalized spacial score (nSPS) is 42.5. The van der Waals surface area contributed by atoms with Crippen LogP contribution < -0.4 is 0 Å². The van der Waals surface area contributed by atoms with Crippen molar-refractivity contribution < 1.29 is 0 Å². The first-order valence-electron chi connectivity index (χ1n) is 5.94. The molecule has 0 spiro atoms. The van der Waals surface area contributed by atoms with Crippen molar-refractivity contribution in [3.8, 4) is 0 Å². The van der Waals surface area contributed by atoms with Gasteiger partial charge in [-0.05, 0) is 62.2 Å². The summed E-state index contributed by atoms with van der Waals surface area (Å²) >= 11 is 0. The summed E-state index contributed by atoms with van der Waals surface area (Å²) in [5, 5.41) is 0. The standard InChI is InChI=1S/C13H22/c1-3-4-5-6-13-10(2)11-7-8-12(13)9-11/h3,10-13H,1,4-9H2,2H3/t10?,11-,12+,13-/m1/s1. The van der Waals surface area contributed by atoms with Gasteiger partial charge in [-0.15, -0.1) is 6.58 Å². The Morgan fingerprint density at radius 1 is 1.31 bits per heavy atom. The number of unbranched alkanes of at least 4 members (excludes halogenated alkanes) is 1. The second-order valence-corrected chi connectivity index (χ2v) is 5.08. The molecule has 0 heterocycles. The number of hydrogen-bond acceptors (Lipinski definition) is 0. The molecular formula is C13H22. The zero-order chi connectivity index (χ0) is 9.26. The van der Waals surface area contributed by atoms with Gasteiger partial charge < -0.3 is 0 Å². The fourth-order valence-electron chi connectivity index (χ4n) is 3.69. The van der Waals surface area contributed by atoms with E-state index in [-0.39, 0.29) is 0 Å². The molecule has 0 aromatic rings. The topological polar surface area (TPSA) is 0 Å². The highest BCUT2D eigenvalue weighted by atomic mass is 14.5. The molecule has 74 valence electrons. The summed E-state index contributed by atoms with van der Waals surface area (Å²) < 4.78 is 0. The smallest absolute Gasteiger partial charge is 0.0353 e. The second kappa shape index (κ2) is 3.86. The molecule has 0 aromatic heterocycles. The van der Waals surface area contributed by atoms with Crippen LogP contribution in [0.2, 0.25) is 0 Å². The lowest BCUT2D eigenvalue weighted by Gasteiger charge is -2.28. The average molecular weight is 178 g/mol. The molecule has 1 unspecified atom stereocenters. The maximum absolute atomic E-state index is 3.79. The second-order valence-electron chi connectivity index (χ2n) is 5.08. The van der Waals surface area contributed by atoms with Gasteiger partial charge in [0, 0.05) is 0 Å². The minimum Gasteiger partial charge on any atom is -0.103 e. The van der Waals surface area contributed by atoms with Gasteiger partial charge in [0.15, 0.2) is 0 Å². The van der Waals surface area contributed by atoms with E-state index >= 15 is 0 Å². The fourth-order valence-corrected chi connectivity index (χ4v) is 3.69. The van der Waals surface area contributed by atoms with Crippen LogP contribution in [0.15, 0.2) is 12.7 Å². The Bertz CT molecular complexity index is 180. The highest BCUT2D eigenvalue weighted by molar-refractivity contribution is 4.94. The highest BCUT2D eigenvalue weighted by Gasteiger charge is 2.44. The predicted molar refractivity (Wildman–Crippen MR) is 57.5 cm³/mol. The fraction of sp³-hybridized carbons (Fsp3) is 0.846. The quantitative estimate of drug-likeness (QED) is 0.450. The third kappa shape index (κ3) is 1.68. The molecule has 0 heteroatoms. The third-order valence-electron chi connectivity index (χ3n) is 4.48. The molecule has 0 aliphatic heterocycles. The number of hydrogen-bond donors (Lipinski definition) is 0. The average Bonchev–Trinajstić information content (AvgIpc) is 2.69. The van der Waals surface area contributed by atoms with Crippen LogP contribution in [0, 0.1) is 23.7 Å². The molecule has 2 fully saturated rings. The van der Waals surface area contributed by atoms with Crippen LogP contribution in [-0.4, -0.2) is 0 Å². The Labute approximate surface area is 82.4 Å². The molecule has 2 saturated carbocycles. The molecule has 0 radical (unpaired) electrons. The molecule has 0 aromatic carbocycles. The van der Waals surface area contributed by atoms with Crippen molar-refractivity contribution >= 4 is 0 Å². The first-order valence-corrected chi connectivity index (χ1v) is 5.94. The number of allylic oxidation sites excluding steroid dienone is 1. The van der Waals surface area contributed by atoms with Crippen molar-refractivity contribution in [2.45, 2.75) is 45.4 Å². The summed E-state index contributed by atoms with van der Waals surface area (Å²) in [6.07, 6.45) is 10.8. The van der Waals surface area contributed by atoms with Crippen molar-refractivity contribution in [3.63, 3.8) is 0 Å². The van der Waals surface area contributed by atoms with Gasteiger partial charge in [-0.25, -0.2) is 0 Å². The van der Waals surface area contributed by atoms with E-state index in [1.54, 1.807) is 6.42 Å². The first kappa shape index (κ1) is 9.30. The molecule has 2 aliphatic carbocycles. The summed E-state index contributed by atoms with van der Waals surface area (Å²) in [5.41, 5.74) is 0. The van der Waals surface area contributed by atoms with E-state index in [0.717, 1.165) is 23.7 Å². The van der Waals surface area contributed by atoms with E-state index in [9.17, 15) is 0 Å². The largest absolute Gasteiger partial charge is 0.103 e. The van der Waals surface area contributed by atoms with Crippen LogP contribution >= 0.6 is 0 Å². The third-order valence-corrected chi connectivity index (χ3v) is 4.48. The predicted octanol–water partition coefficient (Wildman–Crippen LogP) is 4.02. The van der Waals surface area contributed by atoms with Crippen LogP contribution in [0.5, 0.6) is 0 Å². The lowest BCUT2D eigenvalue weighted by molar-refractivity contribution is 0.222. The Kier molecular flexibility index (Phi) is 2.76. The molecule has 0 saturated heterocycles. The molecule has 0 N–H and O–H groups in total. The van der Waals surface area contributed by atoms with Crippen molar-refractivity contribution in [3.05, 3.63) is 12.7 Å². The summed E-state index contributed by atoms with van der Waals surface area (Å²) in [5.74, 6) is 4.30. The van der Waals surface area contributed by atoms with E-state index in [2.05, 4.69) is 19.6 Å². The van der Waals surface area contributed by atoms with Crippen molar-refractivity contribution in [2.24, 2.45) is 23.7 Å². The van der Waals surface area contributed by atoms with Crippen LogP contribution in [0.4, 0.5) is 0 Å². The molecule has 2 bridgehead atoms. The number of fused-ring (bicyclic) bond motifs is 2. The highest BCUT2D eigenvalue weighted by Crippen LogP contribution is 2.53. The summed E-state index contributed by atoms with van der Waals surface area (Å²) in [6, 6.07) is 0. The number of rotatable bonds is 4.